The second kappa shape index (κ2) is 8.82. The fraction of sp³-hybridized carbons (Fsp3) is 0.115. The number of halogens is 1. The molecule has 0 aliphatic heterocycles. The molecule has 2 aromatic heterocycles. The van der Waals surface area contributed by atoms with Crippen molar-refractivity contribution in [2.24, 2.45) is 0 Å². The number of hydrogen-bond acceptors (Lipinski definition) is 4. The molecule has 5 rings (SSSR count). The Bertz CT molecular complexity index is 1570. The summed E-state index contributed by atoms with van der Waals surface area (Å²) in [6.45, 7) is 0.169. The van der Waals surface area contributed by atoms with Gasteiger partial charge in [0.1, 0.15) is 29.1 Å². The zero-order valence-corrected chi connectivity index (χ0v) is 18.4. The smallest absolute Gasteiger partial charge is 0.278 e. The van der Waals surface area contributed by atoms with Gasteiger partial charge in [0.25, 0.3) is 5.56 Å². The lowest BCUT2D eigenvalue weighted by Gasteiger charge is -2.12. The zero-order valence-electron chi connectivity index (χ0n) is 18.4. The van der Waals surface area contributed by atoms with E-state index >= 15 is 0 Å². The fourth-order valence-corrected chi connectivity index (χ4v) is 4.11. The Kier molecular flexibility index (Phi) is 5.55. The molecule has 0 aliphatic rings. The van der Waals surface area contributed by atoms with Crippen LogP contribution in [-0.4, -0.2) is 27.1 Å². The van der Waals surface area contributed by atoms with Crippen molar-refractivity contribution >= 4 is 33.5 Å². The van der Waals surface area contributed by atoms with Gasteiger partial charge in [-0.3, -0.25) is 14.2 Å². The van der Waals surface area contributed by atoms with Gasteiger partial charge in [-0.2, -0.15) is 0 Å². The first-order valence-corrected chi connectivity index (χ1v) is 10.7. The number of amides is 1. The standard InChI is InChI=1S/C26H21FN4O3/c1-34-22-10-6-5-9-20(22)29-23(32)15-31-21-12-11-18(27)13-19(21)24-25(31)26(33)30(16-28-24)14-17-7-3-2-4-8-17/h2-13,16H,14-15H2,1H3,(H,29,32). The molecule has 0 radical (unpaired) electrons. The second-order valence-electron chi connectivity index (χ2n) is 7.86. The van der Waals surface area contributed by atoms with E-state index < -0.39 is 5.82 Å². The number of para-hydroxylation sites is 2. The van der Waals surface area contributed by atoms with Gasteiger partial charge in [0, 0.05) is 5.39 Å². The number of nitrogens with zero attached hydrogens (tertiary/aromatic N) is 3. The van der Waals surface area contributed by atoms with Gasteiger partial charge in [-0.05, 0) is 35.9 Å². The van der Waals surface area contributed by atoms with E-state index in [2.05, 4.69) is 10.3 Å². The SMILES string of the molecule is COc1ccccc1NC(=O)Cn1c2ccc(F)cc2c2ncn(Cc3ccccc3)c(=O)c21. The maximum absolute atomic E-state index is 14.1. The molecule has 7 nitrogen and oxygen atoms in total. The molecule has 1 amide bonds. The van der Waals surface area contributed by atoms with Crippen LogP contribution in [0.1, 0.15) is 5.56 Å². The van der Waals surface area contributed by atoms with E-state index in [-0.39, 0.29) is 23.5 Å². The maximum Gasteiger partial charge on any atom is 0.278 e. The third kappa shape index (κ3) is 3.90. The molecule has 5 aromatic rings. The van der Waals surface area contributed by atoms with Gasteiger partial charge >= 0.3 is 0 Å². The number of aromatic nitrogens is 3. The number of rotatable bonds is 6. The van der Waals surface area contributed by atoms with Crippen LogP contribution in [-0.2, 0) is 17.9 Å². The van der Waals surface area contributed by atoms with E-state index in [4.69, 9.17) is 4.74 Å². The van der Waals surface area contributed by atoms with E-state index in [9.17, 15) is 14.0 Å². The molecule has 8 heteroatoms. The van der Waals surface area contributed by atoms with Gasteiger partial charge in [0.15, 0.2) is 0 Å². The van der Waals surface area contributed by atoms with E-state index in [0.29, 0.717) is 34.4 Å². The molecule has 2 heterocycles. The van der Waals surface area contributed by atoms with Gasteiger partial charge in [-0.25, -0.2) is 9.37 Å². The van der Waals surface area contributed by atoms with Crippen LogP contribution in [0.3, 0.4) is 0 Å². The van der Waals surface area contributed by atoms with Gasteiger partial charge in [0.05, 0.1) is 31.2 Å². The van der Waals surface area contributed by atoms with E-state index in [0.717, 1.165) is 5.56 Å². The fourth-order valence-electron chi connectivity index (χ4n) is 4.11. The number of carbonyl (C=O) groups is 1. The number of anilines is 1. The summed E-state index contributed by atoms with van der Waals surface area (Å²) in [5.74, 6) is -0.280. The lowest BCUT2D eigenvalue weighted by molar-refractivity contribution is -0.116. The summed E-state index contributed by atoms with van der Waals surface area (Å²) in [6.07, 6.45) is 1.46. The minimum atomic E-state index is -0.444. The number of fused-ring (bicyclic) bond motifs is 3. The monoisotopic (exact) mass is 456 g/mol. The van der Waals surface area contributed by atoms with Crippen LogP contribution in [0.25, 0.3) is 21.9 Å². The Balaban J connectivity index is 1.60. The third-order valence-corrected chi connectivity index (χ3v) is 5.67. The number of hydrogen-bond donors (Lipinski definition) is 1. The van der Waals surface area contributed by atoms with E-state index in [1.165, 1.54) is 30.1 Å². The maximum atomic E-state index is 14.1. The Labute approximate surface area is 194 Å². The highest BCUT2D eigenvalue weighted by Gasteiger charge is 2.19. The first-order valence-electron chi connectivity index (χ1n) is 10.7. The molecular formula is C26H21FN4O3. The normalized spacial score (nSPS) is 11.1. The molecule has 34 heavy (non-hydrogen) atoms. The first-order chi connectivity index (χ1) is 16.5. The Morgan fingerprint density at radius 2 is 1.82 bits per heavy atom. The molecule has 0 atom stereocenters. The highest BCUT2D eigenvalue weighted by Crippen LogP contribution is 2.27. The van der Waals surface area contributed by atoms with Crippen LogP contribution in [0.4, 0.5) is 10.1 Å². The van der Waals surface area contributed by atoms with Crippen molar-refractivity contribution in [1.29, 1.82) is 0 Å². The average Bonchev–Trinajstić information content (AvgIpc) is 3.15. The Hall–Kier alpha value is -4.46. The molecule has 0 saturated heterocycles. The van der Waals surface area contributed by atoms with E-state index in [1.807, 2.05) is 30.3 Å². The van der Waals surface area contributed by atoms with Crippen LogP contribution in [0, 0.1) is 5.82 Å². The van der Waals surface area contributed by atoms with Crippen molar-refractivity contribution in [2.45, 2.75) is 13.1 Å². The summed E-state index contributed by atoms with van der Waals surface area (Å²) in [5, 5.41) is 3.30. The largest absolute Gasteiger partial charge is 0.495 e. The summed E-state index contributed by atoms with van der Waals surface area (Å²) in [7, 11) is 1.52. The quantitative estimate of drug-likeness (QED) is 0.416. The second-order valence-corrected chi connectivity index (χ2v) is 7.86. The number of carbonyl (C=O) groups excluding carboxylic acids is 1. The minimum Gasteiger partial charge on any atom is -0.495 e. The predicted molar refractivity (Wildman–Crippen MR) is 129 cm³/mol. The zero-order chi connectivity index (χ0) is 23.7. The lowest BCUT2D eigenvalue weighted by Crippen LogP contribution is -2.25. The summed E-state index contributed by atoms with van der Waals surface area (Å²) >= 11 is 0. The topological polar surface area (TPSA) is 78.2 Å². The molecule has 3 aromatic carbocycles. The number of benzene rings is 3. The molecule has 0 bridgehead atoms. The van der Waals surface area contributed by atoms with Crippen molar-refractivity contribution in [3.8, 4) is 5.75 Å². The third-order valence-electron chi connectivity index (χ3n) is 5.67. The summed E-state index contributed by atoms with van der Waals surface area (Å²) in [4.78, 5) is 31.0. The van der Waals surface area contributed by atoms with Crippen molar-refractivity contribution < 1.29 is 13.9 Å². The number of ether oxygens (including phenoxy) is 1. The van der Waals surface area contributed by atoms with Crippen LogP contribution in [0.15, 0.2) is 83.9 Å². The van der Waals surface area contributed by atoms with Crippen molar-refractivity contribution in [1.82, 2.24) is 14.1 Å². The molecule has 0 fully saturated rings. The van der Waals surface area contributed by atoms with E-state index in [1.54, 1.807) is 34.9 Å². The first kappa shape index (κ1) is 21.4. The minimum absolute atomic E-state index is 0.157. The number of methoxy groups -OCH3 is 1. The van der Waals surface area contributed by atoms with Gasteiger partial charge in [-0.1, -0.05) is 42.5 Å². The van der Waals surface area contributed by atoms with Crippen LogP contribution in [0.5, 0.6) is 5.75 Å². The van der Waals surface area contributed by atoms with Crippen LogP contribution >= 0.6 is 0 Å². The summed E-state index contributed by atoms with van der Waals surface area (Å²) < 4.78 is 22.4. The Morgan fingerprint density at radius 1 is 1.06 bits per heavy atom. The predicted octanol–water partition coefficient (Wildman–Crippen LogP) is 4.19. The van der Waals surface area contributed by atoms with Gasteiger partial charge < -0.3 is 14.6 Å². The molecule has 0 aliphatic carbocycles. The Morgan fingerprint density at radius 3 is 2.62 bits per heavy atom. The molecule has 170 valence electrons. The average molecular weight is 456 g/mol. The summed E-state index contributed by atoms with van der Waals surface area (Å²) in [6, 6.07) is 20.8. The van der Waals surface area contributed by atoms with Crippen molar-refractivity contribution in [3.05, 3.63) is 101 Å². The van der Waals surface area contributed by atoms with Crippen molar-refractivity contribution in [3.63, 3.8) is 0 Å². The molecule has 0 spiro atoms. The lowest BCUT2D eigenvalue weighted by atomic mass is 10.2. The molecular weight excluding hydrogens is 435 g/mol. The van der Waals surface area contributed by atoms with Crippen LogP contribution in [0.2, 0.25) is 0 Å². The number of nitrogens with one attached hydrogen (secondary N) is 1. The van der Waals surface area contributed by atoms with Gasteiger partial charge in [0.2, 0.25) is 5.91 Å². The summed E-state index contributed by atoms with van der Waals surface area (Å²) in [5.41, 5.74) is 2.29. The van der Waals surface area contributed by atoms with Crippen LogP contribution < -0.4 is 15.6 Å². The molecule has 0 unspecified atom stereocenters. The highest BCUT2D eigenvalue weighted by molar-refractivity contribution is 6.06. The molecule has 0 saturated carbocycles. The molecule has 1 N–H and O–H groups in total. The van der Waals surface area contributed by atoms with Gasteiger partial charge in [-0.15, -0.1) is 0 Å². The van der Waals surface area contributed by atoms with Crippen molar-refractivity contribution in [2.75, 3.05) is 12.4 Å². The highest BCUT2D eigenvalue weighted by atomic mass is 19.1.